The van der Waals surface area contributed by atoms with Gasteiger partial charge in [0, 0.05) is 17.5 Å². The van der Waals surface area contributed by atoms with Crippen molar-refractivity contribution < 1.29 is 14.1 Å². The van der Waals surface area contributed by atoms with Gasteiger partial charge in [0.1, 0.15) is 5.76 Å². The smallest absolute Gasteiger partial charge is 0.273 e. The molecule has 3 aromatic rings. The monoisotopic (exact) mass is 300 g/mol. The molecule has 0 saturated heterocycles. The van der Waals surface area contributed by atoms with Crippen molar-refractivity contribution in [2.75, 3.05) is 0 Å². The molecule has 0 unspecified atom stereocenters. The molecule has 0 aliphatic heterocycles. The molecule has 112 valence electrons. The third kappa shape index (κ3) is 2.41. The summed E-state index contributed by atoms with van der Waals surface area (Å²) in [6, 6.07) is 7.34. The maximum absolute atomic E-state index is 12.3. The van der Waals surface area contributed by atoms with Crippen molar-refractivity contribution in [3.63, 3.8) is 0 Å². The number of aromatic nitrogens is 2. The number of carbonyl (C=O) groups excluding carboxylic acids is 1. The van der Waals surface area contributed by atoms with Crippen LogP contribution in [0.1, 0.15) is 29.2 Å². The van der Waals surface area contributed by atoms with E-state index in [-0.39, 0.29) is 17.4 Å². The van der Waals surface area contributed by atoms with Gasteiger partial charge in [0.25, 0.3) is 11.6 Å². The van der Waals surface area contributed by atoms with Gasteiger partial charge in [0.2, 0.25) is 0 Å². The van der Waals surface area contributed by atoms with Crippen LogP contribution in [0.2, 0.25) is 0 Å². The second kappa shape index (κ2) is 5.32. The molecule has 3 rings (SSSR count). The summed E-state index contributed by atoms with van der Waals surface area (Å²) in [5.41, 5.74) is 0.570. The number of nitrogens with one attached hydrogen (secondary N) is 2. The molecule has 1 atom stereocenters. The van der Waals surface area contributed by atoms with Crippen molar-refractivity contribution in [1.82, 2.24) is 15.5 Å². The number of nitro benzene ring substituents is 1. The summed E-state index contributed by atoms with van der Waals surface area (Å²) in [5.74, 6) is 0.176. The van der Waals surface area contributed by atoms with E-state index in [0.717, 1.165) is 0 Å². The van der Waals surface area contributed by atoms with E-state index in [1.165, 1.54) is 24.5 Å². The zero-order chi connectivity index (χ0) is 15.7. The molecule has 1 aromatic carbocycles. The zero-order valence-electron chi connectivity index (χ0n) is 11.6. The van der Waals surface area contributed by atoms with E-state index in [9.17, 15) is 14.9 Å². The molecule has 0 saturated carbocycles. The summed E-state index contributed by atoms with van der Waals surface area (Å²) in [5, 5.41) is 20.6. The molecule has 0 radical (unpaired) electrons. The normalized spacial score (nSPS) is 12.2. The second-order valence-electron chi connectivity index (χ2n) is 4.77. The average Bonchev–Trinajstić information content (AvgIpc) is 3.15. The van der Waals surface area contributed by atoms with Crippen LogP contribution in [0.4, 0.5) is 5.69 Å². The predicted octanol–water partition coefficient (Wildman–Crippen LogP) is 2.56. The van der Waals surface area contributed by atoms with Gasteiger partial charge in [-0.05, 0) is 25.1 Å². The number of benzene rings is 1. The Bertz CT molecular complexity index is 838. The number of hydrogen-bond acceptors (Lipinski definition) is 5. The van der Waals surface area contributed by atoms with Gasteiger partial charge in [0.05, 0.1) is 22.7 Å². The second-order valence-corrected chi connectivity index (χ2v) is 4.77. The minimum absolute atomic E-state index is 0.0953. The van der Waals surface area contributed by atoms with Gasteiger partial charge in [-0.2, -0.15) is 5.10 Å². The van der Waals surface area contributed by atoms with Crippen LogP contribution in [-0.2, 0) is 0 Å². The van der Waals surface area contributed by atoms with Crippen molar-refractivity contribution in [3.8, 4) is 0 Å². The maximum Gasteiger partial charge on any atom is 0.273 e. The summed E-state index contributed by atoms with van der Waals surface area (Å²) in [4.78, 5) is 22.6. The number of amides is 1. The minimum atomic E-state index is -0.514. The van der Waals surface area contributed by atoms with Crippen LogP contribution >= 0.6 is 0 Å². The molecular formula is C14H12N4O4. The van der Waals surface area contributed by atoms with Gasteiger partial charge in [0.15, 0.2) is 5.69 Å². The average molecular weight is 300 g/mol. The van der Waals surface area contributed by atoms with Gasteiger partial charge in [-0.25, -0.2) is 0 Å². The first-order valence-electron chi connectivity index (χ1n) is 6.53. The van der Waals surface area contributed by atoms with Crippen LogP contribution in [0.15, 0.2) is 41.0 Å². The van der Waals surface area contributed by atoms with Crippen LogP contribution in [-0.4, -0.2) is 21.0 Å². The minimum Gasteiger partial charge on any atom is -0.467 e. The lowest BCUT2D eigenvalue weighted by atomic mass is 10.1. The van der Waals surface area contributed by atoms with Crippen LogP contribution in [0, 0.1) is 10.1 Å². The fraction of sp³-hybridized carbons (Fsp3) is 0.143. The van der Waals surface area contributed by atoms with E-state index in [4.69, 9.17) is 4.42 Å². The Morgan fingerprint density at radius 2 is 2.27 bits per heavy atom. The number of non-ortho nitro benzene ring substituents is 1. The number of fused-ring (bicyclic) bond motifs is 1. The highest BCUT2D eigenvalue weighted by Gasteiger charge is 2.20. The number of carbonyl (C=O) groups is 1. The topological polar surface area (TPSA) is 114 Å². The van der Waals surface area contributed by atoms with E-state index in [2.05, 4.69) is 15.5 Å². The van der Waals surface area contributed by atoms with Crippen molar-refractivity contribution in [1.29, 1.82) is 0 Å². The summed E-state index contributed by atoms with van der Waals surface area (Å²) in [6.45, 7) is 1.77. The van der Waals surface area contributed by atoms with Crippen LogP contribution < -0.4 is 5.32 Å². The highest BCUT2D eigenvalue weighted by molar-refractivity contribution is 6.05. The van der Waals surface area contributed by atoms with Crippen molar-refractivity contribution in [3.05, 3.63) is 58.2 Å². The van der Waals surface area contributed by atoms with E-state index < -0.39 is 10.8 Å². The Morgan fingerprint density at radius 3 is 2.95 bits per heavy atom. The van der Waals surface area contributed by atoms with Crippen molar-refractivity contribution in [2.45, 2.75) is 13.0 Å². The number of aromatic amines is 1. The molecule has 0 bridgehead atoms. The van der Waals surface area contributed by atoms with E-state index in [1.54, 1.807) is 19.1 Å². The highest BCUT2D eigenvalue weighted by Crippen LogP contribution is 2.22. The lowest BCUT2D eigenvalue weighted by Crippen LogP contribution is -2.26. The number of nitrogens with zero attached hydrogens (tertiary/aromatic N) is 2. The molecule has 0 aliphatic carbocycles. The van der Waals surface area contributed by atoms with Crippen molar-refractivity contribution in [2.24, 2.45) is 0 Å². The van der Waals surface area contributed by atoms with Gasteiger partial charge in [-0.3, -0.25) is 20.0 Å². The first kappa shape index (κ1) is 13.8. The molecule has 0 fully saturated rings. The number of H-pyrrole nitrogens is 1. The van der Waals surface area contributed by atoms with Gasteiger partial charge in [-0.1, -0.05) is 0 Å². The largest absolute Gasteiger partial charge is 0.467 e. The van der Waals surface area contributed by atoms with Gasteiger partial charge >= 0.3 is 0 Å². The molecule has 2 N–H and O–H groups in total. The summed E-state index contributed by atoms with van der Waals surface area (Å²) >= 11 is 0. The van der Waals surface area contributed by atoms with Gasteiger partial charge in [-0.15, -0.1) is 0 Å². The van der Waals surface area contributed by atoms with Crippen molar-refractivity contribution >= 4 is 22.5 Å². The molecule has 22 heavy (non-hydrogen) atoms. The summed E-state index contributed by atoms with van der Waals surface area (Å²) in [7, 11) is 0. The SMILES string of the molecule is C[C@H](NC(=O)c1n[nH]c2ccc([N+](=O)[O-])cc12)c1ccco1. The molecule has 2 heterocycles. The lowest BCUT2D eigenvalue weighted by Gasteiger charge is -2.10. The fourth-order valence-electron chi connectivity index (χ4n) is 2.16. The van der Waals surface area contributed by atoms with Crippen LogP contribution in [0.25, 0.3) is 10.9 Å². The number of rotatable bonds is 4. The Labute approximate surface area is 124 Å². The summed E-state index contributed by atoms with van der Waals surface area (Å²) < 4.78 is 5.22. The Hall–Kier alpha value is -3.16. The molecule has 2 aromatic heterocycles. The van der Waals surface area contributed by atoms with Gasteiger partial charge < -0.3 is 9.73 Å². The van der Waals surface area contributed by atoms with E-state index in [0.29, 0.717) is 16.7 Å². The molecule has 1 amide bonds. The predicted molar refractivity (Wildman–Crippen MR) is 77.3 cm³/mol. The standard InChI is InChI=1S/C14H12N4O4/c1-8(12-3-2-6-22-12)15-14(19)13-10-7-9(18(20)21)4-5-11(10)16-17-13/h2-8H,1H3,(H,15,19)(H,16,17)/t8-/m0/s1. The Morgan fingerprint density at radius 1 is 1.45 bits per heavy atom. The van der Waals surface area contributed by atoms with E-state index in [1.807, 2.05) is 0 Å². The number of hydrogen-bond donors (Lipinski definition) is 2. The maximum atomic E-state index is 12.3. The Balaban J connectivity index is 1.90. The number of furan rings is 1. The Kier molecular flexibility index (Phi) is 3.34. The molecule has 8 nitrogen and oxygen atoms in total. The van der Waals surface area contributed by atoms with E-state index >= 15 is 0 Å². The summed E-state index contributed by atoms with van der Waals surface area (Å²) in [6.07, 6.45) is 1.52. The molecule has 8 heteroatoms. The number of nitro groups is 1. The quantitative estimate of drug-likeness (QED) is 0.567. The lowest BCUT2D eigenvalue weighted by molar-refractivity contribution is -0.384. The fourth-order valence-corrected chi connectivity index (χ4v) is 2.16. The first-order chi connectivity index (χ1) is 10.6. The molecular weight excluding hydrogens is 288 g/mol. The van der Waals surface area contributed by atoms with Crippen LogP contribution in [0.3, 0.4) is 0 Å². The highest BCUT2D eigenvalue weighted by atomic mass is 16.6. The third-order valence-electron chi connectivity index (χ3n) is 3.29. The first-order valence-corrected chi connectivity index (χ1v) is 6.53. The molecule has 0 aliphatic rings. The zero-order valence-corrected chi connectivity index (χ0v) is 11.6. The van der Waals surface area contributed by atoms with Crippen LogP contribution in [0.5, 0.6) is 0 Å². The third-order valence-corrected chi connectivity index (χ3v) is 3.29. The molecule has 0 spiro atoms.